The van der Waals surface area contributed by atoms with Crippen LogP contribution < -0.4 is 4.90 Å². The maximum absolute atomic E-state index is 13.6. The normalized spacial score (nSPS) is 17.6. The van der Waals surface area contributed by atoms with Crippen molar-refractivity contribution in [2.24, 2.45) is 0 Å². The molecule has 2 aliphatic heterocycles. The van der Waals surface area contributed by atoms with E-state index in [1.165, 1.54) is 10.5 Å². The molecule has 2 aromatic rings. The molecule has 0 aliphatic carbocycles. The highest BCUT2D eigenvalue weighted by Crippen LogP contribution is 2.35. The molecule has 1 saturated heterocycles. The lowest BCUT2D eigenvalue weighted by Crippen LogP contribution is -2.47. The van der Waals surface area contributed by atoms with Gasteiger partial charge in [0, 0.05) is 31.2 Å². The average Bonchev–Trinajstić information content (AvgIpc) is 3.08. The third-order valence-electron chi connectivity index (χ3n) is 6.34. The Kier molecular flexibility index (Phi) is 6.97. The highest BCUT2D eigenvalue weighted by atomic mass is 35.5. The second kappa shape index (κ2) is 9.88. The van der Waals surface area contributed by atoms with Crippen LogP contribution in [-0.2, 0) is 16.0 Å². The van der Waals surface area contributed by atoms with E-state index in [-0.39, 0.29) is 11.8 Å². The molecule has 2 aliphatic rings. The molecule has 0 atom stereocenters. The monoisotopic (exact) mass is 451 g/mol. The van der Waals surface area contributed by atoms with Crippen molar-refractivity contribution in [3.8, 4) is 0 Å². The minimum absolute atomic E-state index is 0.244. The summed E-state index contributed by atoms with van der Waals surface area (Å²) < 4.78 is 0. The lowest BCUT2D eigenvalue weighted by molar-refractivity contribution is -0.120. The van der Waals surface area contributed by atoms with Crippen LogP contribution in [0.3, 0.4) is 0 Å². The molecule has 168 valence electrons. The highest BCUT2D eigenvalue weighted by molar-refractivity contribution is 6.45. The van der Waals surface area contributed by atoms with Gasteiger partial charge in [-0.25, -0.2) is 4.90 Å². The molecule has 1 fully saturated rings. The van der Waals surface area contributed by atoms with E-state index in [2.05, 4.69) is 23.6 Å². The number of nitrogens with zero attached hydrogens (tertiary/aromatic N) is 3. The third-order valence-corrected chi connectivity index (χ3v) is 6.59. The van der Waals surface area contributed by atoms with Crippen LogP contribution in [0, 0.1) is 0 Å². The molecule has 4 rings (SSSR count). The van der Waals surface area contributed by atoms with Crippen molar-refractivity contribution in [1.82, 2.24) is 9.80 Å². The standard InChI is InChI=1S/C26H30ClN3O2/c1-3-5-6-19-7-13-22(14-8-19)30-25(31)23(20-9-11-21(27)12-10-20)24(26(30)32)29-17-15-28(4-2)16-18-29/h7-14H,3-6,15-18H2,1-2H3. The molecule has 32 heavy (non-hydrogen) atoms. The number of likely N-dealkylation sites (N-methyl/N-ethyl adjacent to an activating group) is 1. The number of anilines is 1. The summed E-state index contributed by atoms with van der Waals surface area (Å²) >= 11 is 6.08. The van der Waals surface area contributed by atoms with Gasteiger partial charge in [0.05, 0.1) is 11.3 Å². The molecular weight excluding hydrogens is 422 g/mol. The number of rotatable bonds is 7. The van der Waals surface area contributed by atoms with Crippen molar-refractivity contribution in [1.29, 1.82) is 0 Å². The van der Waals surface area contributed by atoms with E-state index in [9.17, 15) is 9.59 Å². The Hall–Kier alpha value is -2.63. The second-order valence-electron chi connectivity index (χ2n) is 8.37. The van der Waals surface area contributed by atoms with E-state index in [4.69, 9.17) is 11.6 Å². The summed E-state index contributed by atoms with van der Waals surface area (Å²) in [5, 5.41) is 0.601. The summed E-state index contributed by atoms with van der Waals surface area (Å²) in [4.78, 5) is 33.0. The Bertz CT molecular complexity index is 1010. The summed E-state index contributed by atoms with van der Waals surface area (Å²) in [6.45, 7) is 8.50. The summed E-state index contributed by atoms with van der Waals surface area (Å²) in [6.07, 6.45) is 3.25. The molecule has 0 saturated carbocycles. The highest BCUT2D eigenvalue weighted by Gasteiger charge is 2.42. The van der Waals surface area contributed by atoms with Gasteiger partial charge in [0.15, 0.2) is 0 Å². The first kappa shape index (κ1) is 22.6. The zero-order valence-electron chi connectivity index (χ0n) is 18.8. The molecule has 0 spiro atoms. The van der Waals surface area contributed by atoms with Gasteiger partial charge in [-0.05, 0) is 54.8 Å². The minimum atomic E-state index is -0.272. The summed E-state index contributed by atoms with van der Waals surface area (Å²) in [5.74, 6) is -0.516. The van der Waals surface area contributed by atoms with Crippen LogP contribution in [0.5, 0.6) is 0 Å². The minimum Gasteiger partial charge on any atom is -0.364 e. The number of carbonyl (C=O) groups is 2. The molecule has 2 heterocycles. The molecular formula is C26H30ClN3O2. The first-order valence-electron chi connectivity index (χ1n) is 11.5. The Morgan fingerprint density at radius 2 is 1.50 bits per heavy atom. The van der Waals surface area contributed by atoms with E-state index >= 15 is 0 Å². The number of aryl methyl sites for hydroxylation is 1. The number of piperazine rings is 1. The first-order valence-corrected chi connectivity index (χ1v) is 11.9. The SMILES string of the molecule is CCCCc1ccc(N2C(=O)C(c3ccc(Cl)cc3)=C(N3CCN(CC)CC3)C2=O)cc1. The number of unbranched alkanes of at least 4 members (excludes halogenated alkanes) is 1. The molecule has 0 unspecified atom stereocenters. The quantitative estimate of drug-likeness (QED) is 0.577. The van der Waals surface area contributed by atoms with Gasteiger partial charge < -0.3 is 9.80 Å². The van der Waals surface area contributed by atoms with Gasteiger partial charge in [-0.1, -0.05) is 56.1 Å². The Morgan fingerprint density at radius 1 is 0.844 bits per heavy atom. The number of benzene rings is 2. The van der Waals surface area contributed by atoms with Gasteiger partial charge in [0.2, 0.25) is 0 Å². The van der Waals surface area contributed by atoms with Gasteiger partial charge in [-0.2, -0.15) is 0 Å². The van der Waals surface area contributed by atoms with Crippen LogP contribution in [0.2, 0.25) is 5.02 Å². The van der Waals surface area contributed by atoms with Crippen molar-refractivity contribution < 1.29 is 9.59 Å². The maximum Gasteiger partial charge on any atom is 0.282 e. The van der Waals surface area contributed by atoms with Crippen molar-refractivity contribution >= 4 is 34.7 Å². The number of imide groups is 1. The molecule has 0 aromatic heterocycles. The van der Waals surface area contributed by atoms with Gasteiger partial charge >= 0.3 is 0 Å². The first-order chi connectivity index (χ1) is 15.5. The molecule has 0 radical (unpaired) electrons. The van der Waals surface area contributed by atoms with E-state index in [0.29, 0.717) is 22.0 Å². The zero-order valence-corrected chi connectivity index (χ0v) is 19.6. The molecule has 2 aromatic carbocycles. The Morgan fingerprint density at radius 3 is 2.09 bits per heavy atom. The van der Waals surface area contributed by atoms with E-state index in [0.717, 1.165) is 57.5 Å². The second-order valence-corrected chi connectivity index (χ2v) is 8.80. The van der Waals surface area contributed by atoms with Crippen LogP contribution in [0.4, 0.5) is 5.69 Å². The van der Waals surface area contributed by atoms with Gasteiger partial charge in [0.1, 0.15) is 5.70 Å². The number of hydrogen-bond acceptors (Lipinski definition) is 4. The summed E-state index contributed by atoms with van der Waals surface area (Å²) in [6, 6.07) is 15.0. The van der Waals surface area contributed by atoms with Gasteiger partial charge in [-0.15, -0.1) is 0 Å². The smallest absolute Gasteiger partial charge is 0.282 e. The lowest BCUT2D eigenvalue weighted by atomic mass is 10.0. The maximum atomic E-state index is 13.6. The zero-order chi connectivity index (χ0) is 22.7. The van der Waals surface area contributed by atoms with E-state index in [1.807, 2.05) is 36.4 Å². The Balaban J connectivity index is 1.69. The fourth-order valence-corrected chi connectivity index (χ4v) is 4.53. The van der Waals surface area contributed by atoms with E-state index in [1.54, 1.807) is 12.1 Å². The van der Waals surface area contributed by atoms with Crippen LogP contribution >= 0.6 is 11.6 Å². The number of halogens is 1. The molecule has 2 amide bonds. The largest absolute Gasteiger partial charge is 0.364 e. The van der Waals surface area contributed by atoms with Gasteiger partial charge in [0.25, 0.3) is 11.8 Å². The molecule has 5 nitrogen and oxygen atoms in total. The van der Waals surface area contributed by atoms with Crippen molar-refractivity contribution in [2.45, 2.75) is 33.1 Å². The number of hydrogen-bond donors (Lipinski definition) is 0. The third kappa shape index (κ3) is 4.45. The van der Waals surface area contributed by atoms with Crippen LogP contribution in [-0.4, -0.2) is 54.3 Å². The predicted octanol–water partition coefficient (Wildman–Crippen LogP) is 4.60. The van der Waals surface area contributed by atoms with Crippen LogP contribution in [0.25, 0.3) is 5.57 Å². The molecule has 0 N–H and O–H groups in total. The van der Waals surface area contributed by atoms with E-state index < -0.39 is 0 Å². The fourth-order valence-electron chi connectivity index (χ4n) is 4.40. The lowest BCUT2D eigenvalue weighted by Gasteiger charge is -2.36. The topological polar surface area (TPSA) is 43.9 Å². The van der Waals surface area contributed by atoms with Gasteiger partial charge in [-0.3, -0.25) is 9.59 Å². The molecule has 0 bridgehead atoms. The summed E-state index contributed by atoms with van der Waals surface area (Å²) in [5.41, 5.74) is 3.53. The van der Waals surface area contributed by atoms with Crippen molar-refractivity contribution in [3.05, 3.63) is 70.4 Å². The van der Waals surface area contributed by atoms with Crippen molar-refractivity contribution in [3.63, 3.8) is 0 Å². The predicted molar refractivity (Wildman–Crippen MR) is 130 cm³/mol. The molecule has 6 heteroatoms. The fraction of sp³-hybridized carbons (Fsp3) is 0.385. The average molecular weight is 452 g/mol. The summed E-state index contributed by atoms with van der Waals surface area (Å²) in [7, 11) is 0. The van der Waals surface area contributed by atoms with Crippen LogP contribution in [0.15, 0.2) is 54.2 Å². The number of amides is 2. The Labute approximate surface area is 195 Å². The number of carbonyl (C=O) groups excluding carboxylic acids is 2. The van der Waals surface area contributed by atoms with Crippen LogP contribution in [0.1, 0.15) is 37.8 Å². The van der Waals surface area contributed by atoms with Crippen molar-refractivity contribution in [2.75, 3.05) is 37.6 Å².